The van der Waals surface area contributed by atoms with Crippen LogP contribution in [0.3, 0.4) is 0 Å². The SMILES string of the molecule is CCCC1(c2ccc(OCC)c(C)c2C)OCCO1. The van der Waals surface area contributed by atoms with E-state index >= 15 is 0 Å². The van der Waals surface area contributed by atoms with Gasteiger partial charge in [0.2, 0.25) is 0 Å². The highest BCUT2D eigenvalue weighted by Gasteiger charge is 2.39. The number of rotatable bonds is 5. The lowest BCUT2D eigenvalue weighted by Gasteiger charge is -2.30. The summed E-state index contributed by atoms with van der Waals surface area (Å²) in [5.41, 5.74) is 3.53. The van der Waals surface area contributed by atoms with Gasteiger partial charge in [-0.2, -0.15) is 0 Å². The van der Waals surface area contributed by atoms with Crippen LogP contribution in [0.4, 0.5) is 0 Å². The number of hydrogen-bond acceptors (Lipinski definition) is 3. The third-order valence-corrected chi connectivity index (χ3v) is 3.78. The molecule has 2 rings (SSSR count). The molecule has 1 aliphatic heterocycles. The molecule has 0 N–H and O–H groups in total. The minimum atomic E-state index is -0.547. The van der Waals surface area contributed by atoms with Crippen molar-refractivity contribution in [2.45, 2.75) is 46.3 Å². The van der Waals surface area contributed by atoms with E-state index < -0.39 is 5.79 Å². The molecule has 19 heavy (non-hydrogen) atoms. The molecule has 1 saturated heterocycles. The van der Waals surface area contributed by atoms with Crippen LogP contribution in [-0.4, -0.2) is 19.8 Å². The Morgan fingerprint density at radius 1 is 1.11 bits per heavy atom. The topological polar surface area (TPSA) is 27.7 Å². The van der Waals surface area contributed by atoms with E-state index in [1.54, 1.807) is 0 Å². The van der Waals surface area contributed by atoms with Gasteiger partial charge < -0.3 is 14.2 Å². The molecule has 3 heteroatoms. The normalized spacial score (nSPS) is 17.7. The number of hydrogen-bond donors (Lipinski definition) is 0. The summed E-state index contributed by atoms with van der Waals surface area (Å²) in [6.07, 6.45) is 1.92. The maximum atomic E-state index is 5.94. The average Bonchev–Trinajstić information content (AvgIpc) is 2.85. The van der Waals surface area contributed by atoms with E-state index in [4.69, 9.17) is 14.2 Å². The van der Waals surface area contributed by atoms with Crippen LogP contribution < -0.4 is 4.74 Å². The number of ether oxygens (including phenoxy) is 3. The van der Waals surface area contributed by atoms with Gasteiger partial charge in [0.25, 0.3) is 0 Å². The molecule has 0 spiro atoms. The fourth-order valence-electron chi connectivity index (χ4n) is 2.74. The van der Waals surface area contributed by atoms with Crippen molar-refractivity contribution in [3.8, 4) is 5.75 Å². The van der Waals surface area contributed by atoms with Gasteiger partial charge in [-0.05, 0) is 44.0 Å². The highest BCUT2D eigenvalue weighted by Crippen LogP contribution is 2.40. The standard InChI is InChI=1S/C16H24O3/c1-5-9-16(18-10-11-19-16)14-7-8-15(17-6-2)13(4)12(14)3/h7-8H,5-6,9-11H2,1-4H3. The van der Waals surface area contributed by atoms with Gasteiger partial charge in [-0.1, -0.05) is 13.3 Å². The van der Waals surface area contributed by atoms with E-state index in [0.717, 1.165) is 24.2 Å². The predicted octanol–water partition coefficient (Wildman–Crippen LogP) is 3.70. The minimum Gasteiger partial charge on any atom is -0.494 e. The summed E-state index contributed by atoms with van der Waals surface area (Å²) in [5, 5.41) is 0. The van der Waals surface area contributed by atoms with Gasteiger partial charge >= 0.3 is 0 Å². The second kappa shape index (κ2) is 5.93. The maximum absolute atomic E-state index is 5.94. The molecule has 0 unspecified atom stereocenters. The molecule has 3 nitrogen and oxygen atoms in total. The Morgan fingerprint density at radius 3 is 2.37 bits per heavy atom. The molecular formula is C16H24O3. The molecule has 1 fully saturated rings. The van der Waals surface area contributed by atoms with Crippen LogP contribution in [0.5, 0.6) is 5.75 Å². The summed E-state index contributed by atoms with van der Waals surface area (Å²) < 4.78 is 17.5. The van der Waals surface area contributed by atoms with Gasteiger partial charge in [0.1, 0.15) is 5.75 Å². The quantitative estimate of drug-likeness (QED) is 0.811. The van der Waals surface area contributed by atoms with Gasteiger partial charge in [0, 0.05) is 12.0 Å². The predicted molar refractivity (Wildman–Crippen MR) is 75.6 cm³/mol. The Hall–Kier alpha value is -1.06. The summed E-state index contributed by atoms with van der Waals surface area (Å²) in [5.74, 6) is 0.405. The lowest BCUT2D eigenvalue weighted by molar-refractivity contribution is -0.171. The maximum Gasteiger partial charge on any atom is 0.195 e. The fraction of sp³-hybridized carbons (Fsp3) is 0.625. The van der Waals surface area contributed by atoms with E-state index in [1.165, 1.54) is 11.1 Å². The van der Waals surface area contributed by atoms with Gasteiger partial charge in [-0.15, -0.1) is 0 Å². The Morgan fingerprint density at radius 2 is 1.79 bits per heavy atom. The van der Waals surface area contributed by atoms with Gasteiger partial charge in [0.15, 0.2) is 5.79 Å². The molecule has 1 aromatic rings. The summed E-state index contributed by atoms with van der Waals surface area (Å²) in [6.45, 7) is 10.4. The first kappa shape index (κ1) is 14.4. The summed E-state index contributed by atoms with van der Waals surface area (Å²) in [6, 6.07) is 4.12. The fourth-order valence-corrected chi connectivity index (χ4v) is 2.74. The molecule has 1 aliphatic rings. The molecular weight excluding hydrogens is 240 g/mol. The van der Waals surface area contributed by atoms with E-state index in [1.807, 2.05) is 13.0 Å². The van der Waals surface area contributed by atoms with Crippen molar-refractivity contribution in [1.82, 2.24) is 0 Å². The van der Waals surface area contributed by atoms with Gasteiger partial charge in [0.05, 0.1) is 19.8 Å². The largest absolute Gasteiger partial charge is 0.494 e. The van der Waals surface area contributed by atoms with E-state index in [2.05, 4.69) is 26.8 Å². The summed E-state index contributed by atoms with van der Waals surface area (Å²) in [7, 11) is 0. The van der Waals surface area contributed by atoms with Crippen LogP contribution in [0, 0.1) is 13.8 Å². The third kappa shape index (κ3) is 2.63. The van der Waals surface area contributed by atoms with E-state index in [9.17, 15) is 0 Å². The molecule has 0 saturated carbocycles. The van der Waals surface area contributed by atoms with Crippen molar-refractivity contribution in [3.05, 3.63) is 28.8 Å². The van der Waals surface area contributed by atoms with Crippen LogP contribution in [-0.2, 0) is 15.3 Å². The minimum absolute atomic E-state index is 0.547. The molecule has 1 aromatic carbocycles. The molecule has 1 heterocycles. The molecule has 0 aromatic heterocycles. The molecule has 0 aliphatic carbocycles. The first-order chi connectivity index (χ1) is 9.14. The molecule has 0 atom stereocenters. The molecule has 0 bridgehead atoms. The smallest absolute Gasteiger partial charge is 0.195 e. The first-order valence-corrected chi connectivity index (χ1v) is 7.16. The zero-order chi connectivity index (χ0) is 13.9. The van der Waals surface area contributed by atoms with Crippen molar-refractivity contribution in [1.29, 1.82) is 0 Å². The van der Waals surface area contributed by atoms with Crippen molar-refractivity contribution in [2.75, 3.05) is 19.8 Å². The molecule has 0 amide bonds. The zero-order valence-corrected chi connectivity index (χ0v) is 12.4. The van der Waals surface area contributed by atoms with Crippen LogP contribution in [0.1, 0.15) is 43.4 Å². The highest BCUT2D eigenvalue weighted by atomic mass is 16.7. The second-order valence-electron chi connectivity index (χ2n) is 4.99. The lowest BCUT2D eigenvalue weighted by atomic mass is 9.93. The summed E-state index contributed by atoms with van der Waals surface area (Å²) >= 11 is 0. The second-order valence-corrected chi connectivity index (χ2v) is 4.99. The van der Waals surface area contributed by atoms with Gasteiger partial charge in [-0.25, -0.2) is 0 Å². The highest BCUT2D eigenvalue weighted by molar-refractivity contribution is 5.45. The molecule has 0 radical (unpaired) electrons. The van der Waals surface area contributed by atoms with Crippen molar-refractivity contribution >= 4 is 0 Å². The van der Waals surface area contributed by atoms with Crippen LogP contribution in [0.25, 0.3) is 0 Å². The Balaban J connectivity index is 2.41. The van der Waals surface area contributed by atoms with E-state index in [0.29, 0.717) is 19.8 Å². The van der Waals surface area contributed by atoms with Crippen LogP contribution >= 0.6 is 0 Å². The van der Waals surface area contributed by atoms with E-state index in [-0.39, 0.29) is 0 Å². The lowest BCUT2D eigenvalue weighted by Crippen LogP contribution is -2.28. The monoisotopic (exact) mass is 264 g/mol. The first-order valence-electron chi connectivity index (χ1n) is 7.16. The van der Waals surface area contributed by atoms with Crippen molar-refractivity contribution in [3.63, 3.8) is 0 Å². The van der Waals surface area contributed by atoms with Gasteiger partial charge in [-0.3, -0.25) is 0 Å². The Kier molecular flexibility index (Phi) is 4.48. The average molecular weight is 264 g/mol. The third-order valence-electron chi connectivity index (χ3n) is 3.78. The zero-order valence-electron chi connectivity index (χ0n) is 12.4. The Bertz CT molecular complexity index is 434. The summed E-state index contributed by atoms with van der Waals surface area (Å²) in [4.78, 5) is 0. The van der Waals surface area contributed by atoms with Crippen LogP contribution in [0.2, 0.25) is 0 Å². The van der Waals surface area contributed by atoms with Crippen molar-refractivity contribution < 1.29 is 14.2 Å². The molecule has 106 valence electrons. The van der Waals surface area contributed by atoms with Crippen molar-refractivity contribution in [2.24, 2.45) is 0 Å². The van der Waals surface area contributed by atoms with Crippen LogP contribution in [0.15, 0.2) is 12.1 Å². The Labute approximate surface area is 115 Å². The number of benzene rings is 1.